The molecule has 2 aliphatic rings. The van der Waals surface area contributed by atoms with E-state index in [0.717, 1.165) is 32.1 Å². The molecular weight excluding hydrogens is 380 g/mol. The normalized spacial score (nSPS) is 26.8. The summed E-state index contributed by atoms with van der Waals surface area (Å²) >= 11 is 0. The Morgan fingerprint density at radius 1 is 1.30 bits per heavy atom. The van der Waals surface area contributed by atoms with Crippen molar-refractivity contribution in [1.29, 1.82) is 0 Å². The monoisotopic (exact) mass is 418 g/mol. The number of ketones is 1. The van der Waals surface area contributed by atoms with E-state index in [1.54, 1.807) is 7.11 Å². The van der Waals surface area contributed by atoms with E-state index in [0.29, 0.717) is 25.7 Å². The molecule has 1 unspecified atom stereocenters. The molecule has 2 saturated carbocycles. The molecule has 4 atom stereocenters. The molecule has 0 saturated heterocycles. The lowest BCUT2D eigenvalue weighted by molar-refractivity contribution is -0.140. The molecule has 0 amide bonds. The van der Waals surface area contributed by atoms with Crippen LogP contribution in [0.5, 0.6) is 0 Å². The summed E-state index contributed by atoms with van der Waals surface area (Å²) in [6, 6.07) is 0. The first-order valence-electron chi connectivity index (χ1n) is 11.2. The fraction of sp³-hybridized carbons (Fsp3) is 0.680. The number of carbonyl (C=O) groups excluding carboxylic acids is 2. The summed E-state index contributed by atoms with van der Waals surface area (Å²) in [4.78, 5) is 23.7. The molecule has 0 radical (unpaired) electrons. The van der Waals surface area contributed by atoms with Crippen LogP contribution in [0, 0.1) is 17.3 Å². The van der Waals surface area contributed by atoms with E-state index in [9.17, 15) is 14.7 Å². The molecule has 0 spiro atoms. The predicted octanol–water partition coefficient (Wildman–Crippen LogP) is 4.55. The fourth-order valence-corrected chi connectivity index (χ4v) is 4.78. The van der Waals surface area contributed by atoms with Gasteiger partial charge in [0.2, 0.25) is 0 Å². The molecule has 2 fully saturated rings. The van der Waals surface area contributed by atoms with E-state index < -0.39 is 0 Å². The molecular formula is C25H38O5. The van der Waals surface area contributed by atoms with Crippen molar-refractivity contribution in [3.8, 4) is 0 Å². The average molecular weight is 419 g/mol. The number of hydrogen-bond acceptors (Lipinski definition) is 5. The van der Waals surface area contributed by atoms with E-state index in [2.05, 4.69) is 17.4 Å². The smallest absolute Gasteiger partial charge is 0.305 e. The number of esters is 1. The Balaban J connectivity index is 1.89. The van der Waals surface area contributed by atoms with E-state index in [1.165, 1.54) is 13.5 Å². The maximum absolute atomic E-state index is 12.5. The molecule has 0 bridgehead atoms. The van der Waals surface area contributed by atoms with E-state index >= 15 is 0 Å². The van der Waals surface area contributed by atoms with Crippen molar-refractivity contribution in [3.05, 3.63) is 37.0 Å². The summed E-state index contributed by atoms with van der Waals surface area (Å²) < 4.78 is 10.2. The van der Waals surface area contributed by atoms with Crippen LogP contribution in [0.4, 0.5) is 0 Å². The molecule has 5 heteroatoms. The lowest BCUT2D eigenvalue weighted by Crippen LogP contribution is -2.40. The number of ether oxygens (including phenoxy) is 2. The zero-order chi connectivity index (χ0) is 22.0. The lowest BCUT2D eigenvalue weighted by atomic mass is 9.62. The van der Waals surface area contributed by atoms with Gasteiger partial charge >= 0.3 is 5.97 Å². The number of unbranched alkanes of at least 4 members (excludes halogenated alkanes) is 1. The molecule has 2 aliphatic carbocycles. The summed E-state index contributed by atoms with van der Waals surface area (Å²) in [6.07, 6.45) is 17.5. The Kier molecular flexibility index (Phi) is 9.99. The van der Waals surface area contributed by atoms with Crippen LogP contribution in [0.3, 0.4) is 0 Å². The van der Waals surface area contributed by atoms with Gasteiger partial charge in [-0.3, -0.25) is 9.59 Å². The van der Waals surface area contributed by atoms with Crippen LogP contribution in [0.1, 0.15) is 64.2 Å². The molecule has 1 N–H and O–H groups in total. The Morgan fingerprint density at radius 3 is 2.67 bits per heavy atom. The zero-order valence-electron chi connectivity index (χ0n) is 18.6. The van der Waals surface area contributed by atoms with Crippen LogP contribution in [0.15, 0.2) is 37.0 Å². The SMILES string of the molecule is C=CCC1(C(O)CC=C[C@H]2[C@H](OC)CC(=O)[C@@H]2CC=CCCCC(=O)OC)CCC1. The van der Waals surface area contributed by atoms with Gasteiger partial charge < -0.3 is 14.6 Å². The van der Waals surface area contributed by atoms with Crippen LogP contribution in [0.2, 0.25) is 0 Å². The average Bonchev–Trinajstić information content (AvgIpc) is 3.01. The number of carbonyl (C=O) groups is 2. The number of hydrogen-bond donors (Lipinski definition) is 1. The largest absolute Gasteiger partial charge is 0.469 e. The third-order valence-electron chi connectivity index (χ3n) is 6.87. The Morgan fingerprint density at radius 2 is 2.07 bits per heavy atom. The fourth-order valence-electron chi connectivity index (χ4n) is 4.78. The minimum absolute atomic E-state index is 0.00934. The van der Waals surface area contributed by atoms with Gasteiger partial charge in [0, 0.05) is 37.2 Å². The van der Waals surface area contributed by atoms with Crippen molar-refractivity contribution in [3.63, 3.8) is 0 Å². The number of methoxy groups -OCH3 is 2. The number of allylic oxidation sites excluding steroid dienone is 3. The van der Waals surface area contributed by atoms with Gasteiger partial charge in [-0.05, 0) is 44.9 Å². The van der Waals surface area contributed by atoms with Gasteiger partial charge in [0.1, 0.15) is 5.78 Å². The number of aliphatic hydroxyl groups is 1. The summed E-state index contributed by atoms with van der Waals surface area (Å²) in [7, 11) is 3.06. The third kappa shape index (κ3) is 6.39. The number of rotatable bonds is 13. The van der Waals surface area contributed by atoms with E-state index in [1.807, 2.05) is 24.3 Å². The molecule has 2 rings (SSSR count). The Hall–Kier alpha value is -1.72. The quantitative estimate of drug-likeness (QED) is 0.270. The van der Waals surface area contributed by atoms with Gasteiger partial charge in [-0.25, -0.2) is 0 Å². The Labute approximate surface area is 181 Å². The second kappa shape index (κ2) is 12.2. The van der Waals surface area contributed by atoms with Gasteiger partial charge in [0.25, 0.3) is 0 Å². The highest BCUT2D eigenvalue weighted by molar-refractivity contribution is 5.84. The standard InChI is InChI=1S/C25H38O5/c1-4-15-25(16-10-17-25)23(27)13-9-12-20-19(21(26)18-22(20)29-2)11-7-5-6-8-14-24(28)30-3/h4-5,7,9,12,19-20,22-23,27H,1,6,8,10-11,13-18H2,2-3H3/t19-,20-,22-,23?/m1/s1. The second-order valence-electron chi connectivity index (χ2n) is 8.69. The van der Waals surface area contributed by atoms with Crippen molar-refractivity contribution in [2.24, 2.45) is 17.3 Å². The molecule has 0 aromatic heterocycles. The van der Waals surface area contributed by atoms with Crippen molar-refractivity contribution in [1.82, 2.24) is 0 Å². The molecule has 168 valence electrons. The van der Waals surface area contributed by atoms with Crippen LogP contribution in [0.25, 0.3) is 0 Å². The first-order valence-corrected chi connectivity index (χ1v) is 11.2. The summed E-state index contributed by atoms with van der Waals surface area (Å²) in [6.45, 7) is 3.84. The maximum Gasteiger partial charge on any atom is 0.305 e. The molecule has 30 heavy (non-hydrogen) atoms. The number of Topliss-reactive ketones (excluding diaryl/α,β-unsaturated/α-hetero) is 1. The zero-order valence-corrected chi connectivity index (χ0v) is 18.6. The van der Waals surface area contributed by atoms with E-state index in [4.69, 9.17) is 4.74 Å². The molecule has 5 nitrogen and oxygen atoms in total. The van der Waals surface area contributed by atoms with Crippen molar-refractivity contribution < 1.29 is 24.2 Å². The molecule has 0 aromatic rings. The first kappa shape index (κ1) is 24.5. The number of aliphatic hydroxyl groups excluding tert-OH is 1. The summed E-state index contributed by atoms with van der Waals surface area (Å²) in [5, 5.41) is 10.7. The minimum Gasteiger partial charge on any atom is -0.469 e. The highest BCUT2D eigenvalue weighted by Gasteiger charge is 2.42. The first-order chi connectivity index (χ1) is 14.5. The van der Waals surface area contributed by atoms with Crippen molar-refractivity contribution in [2.75, 3.05) is 14.2 Å². The van der Waals surface area contributed by atoms with Gasteiger partial charge in [0.15, 0.2) is 0 Å². The topological polar surface area (TPSA) is 72.8 Å². The van der Waals surface area contributed by atoms with Gasteiger partial charge in [-0.2, -0.15) is 0 Å². The highest BCUT2D eigenvalue weighted by atomic mass is 16.5. The predicted molar refractivity (Wildman–Crippen MR) is 118 cm³/mol. The van der Waals surface area contributed by atoms with Crippen LogP contribution in [-0.2, 0) is 19.1 Å². The molecule has 0 aromatic carbocycles. The van der Waals surface area contributed by atoms with E-state index in [-0.39, 0.29) is 41.2 Å². The van der Waals surface area contributed by atoms with Crippen LogP contribution in [-0.4, -0.2) is 43.3 Å². The Bertz CT molecular complexity index is 631. The van der Waals surface area contributed by atoms with Crippen molar-refractivity contribution in [2.45, 2.75) is 76.4 Å². The third-order valence-corrected chi connectivity index (χ3v) is 6.87. The molecule has 0 heterocycles. The van der Waals surface area contributed by atoms with Gasteiger partial charge in [-0.1, -0.05) is 36.8 Å². The van der Waals surface area contributed by atoms with Gasteiger partial charge in [0.05, 0.1) is 19.3 Å². The van der Waals surface area contributed by atoms with Crippen LogP contribution >= 0.6 is 0 Å². The maximum atomic E-state index is 12.5. The van der Waals surface area contributed by atoms with Gasteiger partial charge in [-0.15, -0.1) is 6.58 Å². The summed E-state index contributed by atoms with van der Waals surface area (Å²) in [5.41, 5.74) is -0.00934. The summed E-state index contributed by atoms with van der Waals surface area (Å²) in [5.74, 6) is -0.0166. The minimum atomic E-state index is -0.369. The lowest BCUT2D eigenvalue weighted by Gasteiger charge is -2.45. The van der Waals surface area contributed by atoms with Crippen molar-refractivity contribution >= 4 is 11.8 Å². The second-order valence-corrected chi connectivity index (χ2v) is 8.69. The van der Waals surface area contributed by atoms with Crippen LogP contribution < -0.4 is 0 Å². The highest BCUT2D eigenvalue weighted by Crippen LogP contribution is 2.48. The molecule has 0 aliphatic heterocycles.